The maximum atomic E-state index is 8.66. The van der Waals surface area contributed by atoms with Crippen LogP contribution in [0, 0.1) is 5.41 Å². The van der Waals surface area contributed by atoms with Crippen LogP contribution in [0.1, 0.15) is 39.5 Å². The van der Waals surface area contributed by atoms with Crippen molar-refractivity contribution < 1.29 is 5.11 Å². The number of aliphatic hydroxyl groups is 1. The molecule has 16 heavy (non-hydrogen) atoms. The molecule has 4 heteroatoms. The predicted molar refractivity (Wildman–Crippen MR) is 73.6 cm³/mol. The number of nitrogens with zero attached hydrogens (tertiary/aromatic N) is 1. The molecule has 0 heterocycles. The molecular weight excluding hydrogens is 220 g/mol. The van der Waals surface area contributed by atoms with Crippen LogP contribution < -0.4 is 5.73 Å². The lowest BCUT2D eigenvalue weighted by molar-refractivity contribution is 0.264. The summed E-state index contributed by atoms with van der Waals surface area (Å²) >= 11 is 5.04. The van der Waals surface area contributed by atoms with Gasteiger partial charge in [-0.15, -0.1) is 0 Å². The summed E-state index contributed by atoms with van der Waals surface area (Å²) in [6.45, 7) is 6.58. The number of rotatable bonds is 9. The van der Waals surface area contributed by atoms with Crippen molar-refractivity contribution in [3.8, 4) is 0 Å². The van der Waals surface area contributed by atoms with Crippen LogP contribution in [0.25, 0.3) is 0 Å². The van der Waals surface area contributed by atoms with Gasteiger partial charge in [-0.25, -0.2) is 0 Å². The summed E-state index contributed by atoms with van der Waals surface area (Å²) in [6, 6.07) is 0. The van der Waals surface area contributed by atoms with Crippen molar-refractivity contribution in [1.29, 1.82) is 0 Å². The number of hydrogen-bond acceptors (Lipinski definition) is 3. The van der Waals surface area contributed by atoms with Gasteiger partial charge in [0.2, 0.25) is 0 Å². The molecular formula is C12H26N2OS. The molecule has 0 saturated heterocycles. The highest BCUT2D eigenvalue weighted by Crippen LogP contribution is 2.20. The van der Waals surface area contributed by atoms with Crippen LogP contribution in [0.2, 0.25) is 0 Å². The van der Waals surface area contributed by atoms with Crippen LogP contribution in [-0.4, -0.2) is 41.7 Å². The lowest BCUT2D eigenvalue weighted by Gasteiger charge is -2.26. The molecule has 0 radical (unpaired) electrons. The molecule has 0 bridgehead atoms. The van der Waals surface area contributed by atoms with Gasteiger partial charge in [0.05, 0.1) is 4.99 Å². The molecule has 0 unspecified atom stereocenters. The van der Waals surface area contributed by atoms with E-state index in [0.29, 0.717) is 11.6 Å². The van der Waals surface area contributed by atoms with Gasteiger partial charge in [0, 0.05) is 12.0 Å². The van der Waals surface area contributed by atoms with Gasteiger partial charge in [-0.05, 0) is 45.8 Å². The Bertz CT molecular complexity index is 207. The summed E-state index contributed by atoms with van der Waals surface area (Å²) in [5.41, 5.74) is 5.63. The van der Waals surface area contributed by atoms with Crippen LogP contribution >= 0.6 is 12.2 Å². The zero-order valence-electron chi connectivity index (χ0n) is 10.8. The van der Waals surface area contributed by atoms with Crippen molar-refractivity contribution >= 4 is 17.2 Å². The zero-order valence-corrected chi connectivity index (χ0v) is 11.6. The molecule has 0 aromatic carbocycles. The Labute approximate surface area is 105 Å². The lowest BCUT2D eigenvalue weighted by Crippen LogP contribution is -2.34. The van der Waals surface area contributed by atoms with Crippen molar-refractivity contribution in [1.82, 2.24) is 4.90 Å². The van der Waals surface area contributed by atoms with Crippen LogP contribution in [-0.2, 0) is 0 Å². The molecule has 96 valence electrons. The zero-order chi connectivity index (χ0) is 12.6. The van der Waals surface area contributed by atoms with Crippen molar-refractivity contribution in [2.75, 3.05) is 26.7 Å². The molecule has 0 atom stereocenters. The molecule has 0 spiro atoms. The van der Waals surface area contributed by atoms with Gasteiger partial charge >= 0.3 is 0 Å². The summed E-state index contributed by atoms with van der Waals surface area (Å²) in [6.07, 6.45) is 4.15. The maximum absolute atomic E-state index is 8.66. The highest BCUT2D eigenvalue weighted by molar-refractivity contribution is 7.80. The fourth-order valence-corrected chi connectivity index (χ4v) is 1.48. The normalized spacial score (nSPS) is 12.1. The largest absolute Gasteiger partial charge is 0.396 e. The second-order valence-electron chi connectivity index (χ2n) is 5.09. The number of hydrogen-bond donors (Lipinski definition) is 2. The number of unbranched alkanes of at least 4 members (excludes halogenated alkanes) is 2. The fraction of sp³-hybridized carbons (Fsp3) is 0.917. The van der Waals surface area contributed by atoms with Gasteiger partial charge in [-0.2, -0.15) is 0 Å². The average molecular weight is 246 g/mol. The molecule has 0 rings (SSSR count). The van der Waals surface area contributed by atoms with Crippen molar-refractivity contribution in [2.24, 2.45) is 11.1 Å². The Morgan fingerprint density at radius 3 is 2.38 bits per heavy atom. The van der Waals surface area contributed by atoms with E-state index in [-0.39, 0.29) is 5.41 Å². The van der Waals surface area contributed by atoms with E-state index in [0.717, 1.165) is 38.8 Å². The second kappa shape index (κ2) is 7.98. The van der Waals surface area contributed by atoms with Gasteiger partial charge in [0.15, 0.2) is 0 Å². The molecule has 0 fully saturated rings. The Kier molecular flexibility index (Phi) is 7.89. The molecule has 0 amide bonds. The minimum absolute atomic E-state index is 0.0469. The third kappa shape index (κ3) is 7.14. The summed E-state index contributed by atoms with van der Waals surface area (Å²) in [4.78, 5) is 2.90. The summed E-state index contributed by atoms with van der Waals surface area (Å²) in [7, 11) is 2.12. The lowest BCUT2D eigenvalue weighted by atomic mass is 9.89. The van der Waals surface area contributed by atoms with Gasteiger partial charge in [-0.1, -0.05) is 26.1 Å². The van der Waals surface area contributed by atoms with E-state index in [1.165, 1.54) is 0 Å². The van der Waals surface area contributed by atoms with Gasteiger partial charge < -0.3 is 15.7 Å². The molecule has 3 N–H and O–H groups in total. The average Bonchev–Trinajstić information content (AvgIpc) is 2.21. The third-order valence-electron chi connectivity index (χ3n) is 2.98. The highest BCUT2D eigenvalue weighted by Gasteiger charge is 2.21. The van der Waals surface area contributed by atoms with Crippen LogP contribution in [0.15, 0.2) is 0 Å². The Morgan fingerprint density at radius 1 is 1.25 bits per heavy atom. The highest BCUT2D eigenvalue weighted by atomic mass is 32.1. The van der Waals surface area contributed by atoms with Crippen LogP contribution in [0.4, 0.5) is 0 Å². The quantitative estimate of drug-likeness (QED) is 0.481. The first-order chi connectivity index (χ1) is 7.40. The topological polar surface area (TPSA) is 49.5 Å². The molecule has 0 aliphatic carbocycles. The van der Waals surface area contributed by atoms with E-state index in [4.69, 9.17) is 23.1 Å². The number of thiocarbonyl (C=S) groups is 1. The fourth-order valence-electron chi connectivity index (χ4n) is 1.38. The van der Waals surface area contributed by atoms with Gasteiger partial charge in [-0.3, -0.25) is 0 Å². The third-order valence-corrected chi connectivity index (χ3v) is 3.54. The Balaban J connectivity index is 3.64. The summed E-state index contributed by atoms with van der Waals surface area (Å²) in [5, 5.41) is 8.66. The number of aliphatic hydroxyl groups excluding tert-OH is 1. The standard InChI is InChI=1S/C12H26N2OS/c1-12(2,11(13)16)7-9-14(3)8-5-4-6-10-15/h15H,4-10H2,1-3H3,(H2,13,16). The first-order valence-corrected chi connectivity index (χ1v) is 6.40. The number of nitrogens with two attached hydrogens (primary N) is 1. The Morgan fingerprint density at radius 2 is 1.88 bits per heavy atom. The SMILES string of the molecule is CN(CCCCCO)CCC(C)(C)C(N)=S. The Hall–Kier alpha value is -0.190. The van der Waals surface area contributed by atoms with E-state index in [1.807, 2.05) is 0 Å². The monoisotopic (exact) mass is 246 g/mol. The van der Waals surface area contributed by atoms with E-state index < -0.39 is 0 Å². The first kappa shape index (κ1) is 15.8. The summed E-state index contributed by atoms with van der Waals surface area (Å²) < 4.78 is 0. The van der Waals surface area contributed by atoms with Crippen LogP contribution in [0.3, 0.4) is 0 Å². The predicted octanol–water partition coefficient (Wildman–Crippen LogP) is 1.78. The minimum Gasteiger partial charge on any atom is -0.396 e. The molecule has 0 aromatic rings. The van der Waals surface area contributed by atoms with Gasteiger partial charge in [0.25, 0.3) is 0 Å². The van der Waals surface area contributed by atoms with E-state index in [2.05, 4.69) is 25.8 Å². The van der Waals surface area contributed by atoms with Crippen molar-refractivity contribution in [3.05, 3.63) is 0 Å². The minimum atomic E-state index is -0.0469. The molecule has 0 aliphatic rings. The first-order valence-electron chi connectivity index (χ1n) is 5.99. The molecule has 3 nitrogen and oxygen atoms in total. The van der Waals surface area contributed by atoms with E-state index in [9.17, 15) is 0 Å². The van der Waals surface area contributed by atoms with E-state index in [1.54, 1.807) is 0 Å². The van der Waals surface area contributed by atoms with Crippen molar-refractivity contribution in [3.63, 3.8) is 0 Å². The van der Waals surface area contributed by atoms with Crippen molar-refractivity contribution in [2.45, 2.75) is 39.5 Å². The van der Waals surface area contributed by atoms with E-state index >= 15 is 0 Å². The summed E-state index contributed by atoms with van der Waals surface area (Å²) in [5.74, 6) is 0. The molecule has 0 aliphatic heterocycles. The smallest absolute Gasteiger partial charge is 0.0784 e. The second-order valence-corrected chi connectivity index (χ2v) is 5.53. The van der Waals surface area contributed by atoms with Crippen LogP contribution in [0.5, 0.6) is 0 Å². The molecule has 0 saturated carbocycles. The van der Waals surface area contributed by atoms with Gasteiger partial charge in [0.1, 0.15) is 0 Å². The molecule has 0 aromatic heterocycles. The maximum Gasteiger partial charge on any atom is 0.0784 e.